The smallest absolute Gasteiger partial charge is 0.227 e. The van der Waals surface area contributed by atoms with E-state index < -0.39 is 0 Å². The van der Waals surface area contributed by atoms with Crippen LogP contribution in [0.4, 0.5) is 0 Å². The zero-order valence-corrected chi connectivity index (χ0v) is 13.3. The molecule has 1 N–H and O–H groups in total. The summed E-state index contributed by atoms with van der Waals surface area (Å²) >= 11 is 1.78. The molecule has 2 heterocycles. The van der Waals surface area contributed by atoms with Crippen molar-refractivity contribution in [3.8, 4) is 5.75 Å². The maximum atomic E-state index is 12.3. The molecule has 1 aliphatic heterocycles. The topological polar surface area (TPSA) is 43.8 Å². The first kappa shape index (κ1) is 15.1. The lowest BCUT2D eigenvalue weighted by molar-refractivity contribution is -0.132. The molecule has 0 radical (unpaired) electrons. The van der Waals surface area contributed by atoms with Crippen molar-refractivity contribution in [3.63, 3.8) is 0 Å². The molecule has 5 heteroatoms. The van der Waals surface area contributed by atoms with Crippen molar-refractivity contribution >= 4 is 17.2 Å². The molecule has 1 aromatic carbocycles. The quantitative estimate of drug-likeness (QED) is 0.941. The summed E-state index contributed by atoms with van der Waals surface area (Å²) in [6.45, 7) is 4.43. The summed E-state index contributed by atoms with van der Waals surface area (Å²) in [6.07, 6.45) is 0.408. The van der Waals surface area contributed by atoms with Gasteiger partial charge in [-0.05, 0) is 29.1 Å². The third-order valence-corrected chi connectivity index (χ3v) is 4.84. The van der Waals surface area contributed by atoms with Gasteiger partial charge >= 0.3 is 0 Å². The Morgan fingerprint density at radius 1 is 1.09 bits per heavy atom. The molecule has 0 bridgehead atoms. The zero-order valence-electron chi connectivity index (χ0n) is 12.4. The van der Waals surface area contributed by atoms with Gasteiger partial charge in [0.05, 0.1) is 6.42 Å². The number of aromatic hydroxyl groups is 1. The van der Waals surface area contributed by atoms with E-state index >= 15 is 0 Å². The van der Waals surface area contributed by atoms with E-state index in [9.17, 15) is 9.90 Å². The van der Waals surface area contributed by atoms with Crippen molar-refractivity contribution < 1.29 is 9.90 Å². The van der Waals surface area contributed by atoms with Gasteiger partial charge in [0.1, 0.15) is 5.75 Å². The van der Waals surface area contributed by atoms with Gasteiger partial charge in [0.15, 0.2) is 0 Å². The van der Waals surface area contributed by atoms with Gasteiger partial charge in [0.2, 0.25) is 5.91 Å². The molecule has 1 aliphatic rings. The second kappa shape index (κ2) is 6.94. The molecule has 1 fully saturated rings. The lowest BCUT2D eigenvalue weighted by atomic mass is 10.1. The number of carbonyl (C=O) groups is 1. The molecule has 2 aromatic rings. The van der Waals surface area contributed by atoms with Crippen LogP contribution in [0.1, 0.15) is 10.4 Å². The van der Waals surface area contributed by atoms with Crippen molar-refractivity contribution in [2.24, 2.45) is 0 Å². The van der Waals surface area contributed by atoms with Crippen LogP contribution in [0.3, 0.4) is 0 Å². The molecule has 1 aromatic heterocycles. The zero-order chi connectivity index (χ0) is 15.4. The largest absolute Gasteiger partial charge is 0.508 e. The molecular formula is C17H20N2O2S. The first-order chi connectivity index (χ1) is 10.7. The fraction of sp³-hybridized carbons (Fsp3) is 0.353. The third kappa shape index (κ3) is 3.87. The Bertz CT molecular complexity index is 602. The van der Waals surface area contributed by atoms with Gasteiger partial charge in [-0.2, -0.15) is 0 Å². The minimum atomic E-state index is 0.168. The van der Waals surface area contributed by atoms with E-state index in [4.69, 9.17) is 0 Å². The van der Waals surface area contributed by atoms with Crippen LogP contribution >= 0.6 is 11.3 Å². The van der Waals surface area contributed by atoms with Crippen LogP contribution in [-0.2, 0) is 17.8 Å². The van der Waals surface area contributed by atoms with Crippen LogP contribution in [-0.4, -0.2) is 47.0 Å². The second-order valence-electron chi connectivity index (χ2n) is 5.58. The van der Waals surface area contributed by atoms with Gasteiger partial charge in [0.25, 0.3) is 0 Å². The number of thiophene rings is 1. The summed E-state index contributed by atoms with van der Waals surface area (Å²) in [4.78, 5) is 18.0. The average Bonchev–Trinajstić information content (AvgIpc) is 3.03. The number of phenolic OH excluding ortho intramolecular Hbond substituents is 1. The van der Waals surface area contributed by atoms with Crippen LogP contribution in [0, 0.1) is 0 Å². The van der Waals surface area contributed by atoms with Gasteiger partial charge in [0, 0.05) is 37.6 Å². The summed E-state index contributed by atoms with van der Waals surface area (Å²) in [5.41, 5.74) is 0.948. The SMILES string of the molecule is O=C(Cc1ccc(O)cc1)N1CCN(Cc2cccs2)CC1. The Morgan fingerprint density at radius 2 is 1.82 bits per heavy atom. The van der Waals surface area contributed by atoms with Crippen LogP contribution < -0.4 is 0 Å². The molecule has 3 rings (SSSR count). The highest BCUT2D eigenvalue weighted by atomic mass is 32.1. The van der Waals surface area contributed by atoms with Crippen molar-refractivity contribution in [3.05, 3.63) is 52.2 Å². The Balaban J connectivity index is 1.48. The first-order valence-corrected chi connectivity index (χ1v) is 8.39. The van der Waals surface area contributed by atoms with Crippen molar-refractivity contribution in [2.75, 3.05) is 26.2 Å². The number of hydrogen-bond donors (Lipinski definition) is 1. The van der Waals surface area contributed by atoms with Gasteiger partial charge < -0.3 is 10.0 Å². The normalized spacial score (nSPS) is 15.9. The van der Waals surface area contributed by atoms with Gasteiger partial charge in [-0.3, -0.25) is 9.69 Å². The fourth-order valence-electron chi connectivity index (χ4n) is 2.68. The highest BCUT2D eigenvalue weighted by Gasteiger charge is 2.21. The molecule has 0 aliphatic carbocycles. The number of hydrogen-bond acceptors (Lipinski definition) is 4. The molecule has 4 nitrogen and oxygen atoms in total. The summed E-state index contributed by atoms with van der Waals surface area (Å²) in [6, 6.07) is 11.1. The molecule has 0 saturated carbocycles. The summed E-state index contributed by atoms with van der Waals surface area (Å²) < 4.78 is 0. The molecule has 1 amide bonds. The van der Waals surface area contributed by atoms with Gasteiger partial charge in [-0.25, -0.2) is 0 Å². The second-order valence-corrected chi connectivity index (χ2v) is 6.61. The third-order valence-electron chi connectivity index (χ3n) is 3.98. The highest BCUT2D eigenvalue weighted by molar-refractivity contribution is 7.09. The van der Waals surface area contributed by atoms with Crippen molar-refractivity contribution in [1.29, 1.82) is 0 Å². The predicted octanol–water partition coefficient (Wildman–Crippen LogP) is 2.34. The number of piperazine rings is 1. The number of amides is 1. The van der Waals surface area contributed by atoms with E-state index in [0.717, 1.165) is 38.3 Å². The number of benzene rings is 1. The van der Waals surface area contributed by atoms with E-state index in [1.807, 2.05) is 4.90 Å². The standard InChI is InChI=1S/C17H20N2O2S/c20-15-5-3-14(4-6-15)12-17(21)19-9-7-18(8-10-19)13-16-2-1-11-22-16/h1-6,11,20H,7-10,12-13H2. The minimum Gasteiger partial charge on any atom is -0.508 e. The Kier molecular flexibility index (Phi) is 4.75. The molecule has 22 heavy (non-hydrogen) atoms. The molecule has 0 unspecified atom stereocenters. The van der Waals surface area contributed by atoms with Crippen LogP contribution in [0.2, 0.25) is 0 Å². The summed E-state index contributed by atoms with van der Waals surface area (Å²) in [5, 5.41) is 11.4. The fourth-order valence-corrected chi connectivity index (χ4v) is 3.42. The van der Waals surface area contributed by atoms with Crippen molar-refractivity contribution in [1.82, 2.24) is 9.80 Å². The number of nitrogens with zero attached hydrogens (tertiary/aromatic N) is 2. The minimum absolute atomic E-state index is 0.168. The number of carbonyl (C=O) groups excluding carboxylic acids is 1. The van der Waals surface area contributed by atoms with E-state index in [1.54, 1.807) is 35.6 Å². The molecule has 1 saturated heterocycles. The van der Waals surface area contributed by atoms with E-state index in [-0.39, 0.29) is 11.7 Å². The van der Waals surface area contributed by atoms with E-state index in [2.05, 4.69) is 22.4 Å². The van der Waals surface area contributed by atoms with E-state index in [1.165, 1.54) is 4.88 Å². The molecule has 0 atom stereocenters. The first-order valence-electron chi connectivity index (χ1n) is 7.51. The number of rotatable bonds is 4. The van der Waals surface area contributed by atoms with Gasteiger partial charge in [-0.15, -0.1) is 11.3 Å². The van der Waals surface area contributed by atoms with Crippen LogP contribution in [0.25, 0.3) is 0 Å². The number of phenols is 1. The monoisotopic (exact) mass is 316 g/mol. The summed E-state index contributed by atoms with van der Waals surface area (Å²) in [7, 11) is 0. The average molecular weight is 316 g/mol. The lowest BCUT2D eigenvalue weighted by Gasteiger charge is -2.34. The van der Waals surface area contributed by atoms with Crippen LogP contribution in [0.5, 0.6) is 5.75 Å². The van der Waals surface area contributed by atoms with Crippen molar-refractivity contribution in [2.45, 2.75) is 13.0 Å². The van der Waals surface area contributed by atoms with Crippen LogP contribution in [0.15, 0.2) is 41.8 Å². The highest BCUT2D eigenvalue weighted by Crippen LogP contribution is 2.15. The lowest BCUT2D eigenvalue weighted by Crippen LogP contribution is -2.48. The Labute approximate surface area is 134 Å². The Morgan fingerprint density at radius 3 is 2.45 bits per heavy atom. The van der Waals surface area contributed by atoms with Gasteiger partial charge in [-0.1, -0.05) is 18.2 Å². The van der Waals surface area contributed by atoms with E-state index in [0.29, 0.717) is 6.42 Å². The molecule has 116 valence electrons. The Hall–Kier alpha value is -1.85. The molecular weight excluding hydrogens is 296 g/mol. The predicted molar refractivity (Wildman–Crippen MR) is 88.0 cm³/mol. The maximum absolute atomic E-state index is 12.3. The molecule has 0 spiro atoms. The summed E-state index contributed by atoms with van der Waals surface area (Å²) in [5.74, 6) is 0.403. The maximum Gasteiger partial charge on any atom is 0.227 e.